The first-order valence-corrected chi connectivity index (χ1v) is 5.79. The highest BCUT2D eigenvalue weighted by atomic mass is 14.9. The molecule has 1 rings (SSSR count). The zero-order valence-corrected chi connectivity index (χ0v) is 10.8. The van der Waals surface area contributed by atoms with Crippen molar-refractivity contribution in [3.05, 3.63) is 48.2 Å². The second kappa shape index (κ2) is 12.2. The average Bonchev–Trinajstić information content (AvgIpc) is 2.41. The van der Waals surface area contributed by atoms with Gasteiger partial charge in [-0.1, -0.05) is 44.2 Å². The lowest BCUT2D eigenvalue weighted by molar-refractivity contribution is 1.08. The Balaban J connectivity index is 0.00000121. The Morgan fingerprint density at radius 2 is 1.88 bits per heavy atom. The van der Waals surface area contributed by atoms with Gasteiger partial charge >= 0.3 is 0 Å². The normalized spacial score (nSPS) is 10.8. The van der Waals surface area contributed by atoms with Crippen LogP contribution in [0, 0.1) is 0 Å². The van der Waals surface area contributed by atoms with Crippen LogP contribution in [0.15, 0.2) is 52.6 Å². The maximum atomic E-state index is 4.24. The van der Waals surface area contributed by atoms with Crippen molar-refractivity contribution >= 4 is 12.6 Å². The van der Waals surface area contributed by atoms with Crippen LogP contribution in [0.4, 0.5) is 0 Å². The molecule has 1 aromatic rings. The zero-order chi connectivity index (χ0) is 12.8. The van der Waals surface area contributed by atoms with E-state index in [-0.39, 0.29) is 0 Å². The van der Waals surface area contributed by atoms with Crippen molar-refractivity contribution in [3.8, 4) is 0 Å². The Kier molecular flexibility index (Phi) is 10.8. The first-order chi connectivity index (χ1) is 8.43. The largest absolute Gasteiger partial charge is 0.353 e. The number of hydrogen-bond donors (Lipinski definition) is 1. The van der Waals surface area contributed by atoms with Crippen molar-refractivity contribution in [1.29, 1.82) is 0 Å². The lowest BCUT2D eigenvalue weighted by Gasteiger charge is -1.92. The van der Waals surface area contributed by atoms with Gasteiger partial charge in [-0.25, -0.2) is 0 Å². The van der Waals surface area contributed by atoms with Gasteiger partial charge in [0.15, 0.2) is 0 Å². The molecule has 0 saturated heterocycles. The Hall–Kier alpha value is -1.90. The van der Waals surface area contributed by atoms with Crippen molar-refractivity contribution in [1.82, 2.24) is 5.32 Å². The zero-order valence-electron chi connectivity index (χ0n) is 10.8. The summed E-state index contributed by atoms with van der Waals surface area (Å²) in [6.45, 7) is 4.72. The highest BCUT2D eigenvalue weighted by Crippen LogP contribution is 1.98. The maximum absolute atomic E-state index is 4.24. The molecular weight excluding hydrogens is 210 g/mol. The van der Waals surface area contributed by atoms with Crippen molar-refractivity contribution in [2.45, 2.75) is 20.4 Å². The van der Waals surface area contributed by atoms with E-state index in [0.717, 1.165) is 0 Å². The number of rotatable bonds is 5. The fraction of sp³-hybridized carbons (Fsp3) is 0.286. The fourth-order valence-corrected chi connectivity index (χ4v) is 1.02. The lowest BCUT2D eigenvalue weighted by atomic mass is 10.2. The topological polar surface area (TPSA) is 36.8 Å². The summed E-state index contributed by atoms with van der Waals surface area (Å²) in [6, 6.07) is 10.1. The minimum absolute atomic E-state index is 0.715. The van der Waals surface area contributed by atoms with Crippen molar-refractivity contribution < 1.29 is 0 Å². The van der Waals surface area contributed by atoms with Crippen LogP contribution in [-0.2, 0) is 6.54 Å². The molecule has 0 aliphatic rings. The number of aliphatic imine (C=N–C) groups is 2. The van der Waals surface area contributed by atoms with Crippen LogP contribution in [0.2, 0.25) is 0 Å². The molecule has 1 aromatic carbocycles. The van der Waals surface area contributed by atoms with E-state index in [1.807, 2.05) is 38.1 Å². The third kappa shape index (κ3) is 9.05. The van der Waals surface area contributed by atoms with Gasteiger partial charge in [0, 0.05) is 19.5 Å². The molecule has 3 nitrogen and oxygen atoms in total. The number of nitrogens with one attached hydrogen (secondary N) is 1. The summed E-state index contributed by atoms with van der Waals surface area (Å²) in [5.41, 5.74) is 1.21. The molecule has 17 heavy (non-hydrogen) atoms. The fourth-order valence-electron chi connectivity index (χ4n) is 1.02. The van der Waals surface area contributed by atoms with Gasteiger partial charge in [-0.3, -0.25) is 9.98 Å². The van der Waals surface area contributed by atoms with Crippen molar-refractivity contribution in [2.75, 3.05) is 7.05 Å². The van der Waals surface area contributed by atoms with E-state index in [1.54, 1.807) is 25.8 Å². The number of hydrogen-bond acceptors (Lipinski definition) is 2. The minimum Gasteiger partial charge on any atom is -0.353 e. The molecule has 0 fully saturated rings. The Morgan fingerprint density at radius 3 is 2.53 bits per heavy atom. The summed E-state index contributed by atoms with van der Waals surface area (Å²) in [7, 11) is 1.71. The summed E-state index contributed by atoms with van der Waals surface area (Å²) in [5, 5.41) is 2.87. The summed E-state index contributed by atoms with van der Waals surface area (Å²) in [6.07, 6.45) is 7.00. The van der Waals surface area contributed by atoms with Gasteiger partial charge in [-0.15, -0.1) is 0 Å². The number of benzene rings is 1. The van der Waals surface area contributed by atoms with Gasteiger partial charge in [-0.05, 0) is 11.6 Å². The molecule has 0 unspecified atom stereocenters. The molecule has 0 spiro atoms. The highest BCUT2D eigenvalue weighted by molar-refractivity contribution is 5.71. The monoisotopic (exact) mass is 231 g/mol. The highest BCUT2D eigenvalue weighted by Gasteiger charge is 1.84. The van der Waals surface area contributed by atoms with Gasteiger partial charge < -0.3 is 5.32 Å². The third-order valence-electron chi connectivity index (χ3n) is 1.70. The Labute approximate surface area is 104 Å². The molecule has 1 N–H and O–H groups in total. The summed E-state index contributed by atoms with van der Waals surface area (Å²) >= 11 is 0. The van der Waals surface area contributed by atoms with Crippen LogP contribution in [0.3, 0.4) is 0 Å². The molecule has 0 amide bonds. The van der Waals surface area contributed by atoms with Crippen LogP contribution in [0.25, 0.3) is 0 Å². The van der Waals surface area contributed by atoms with Crippen LogP contribution in [0.5, 0.6) is 0 Å². The quantitative estimate of drug-likeness (QED) is 0.613. The minimum atomic E-state index is 0.715. The lowest BCUT2D eigenvalue weighted by Crippen LogP contribution is -1.99. The standard InChI is InChI=1S/C12H15N3.C2H6/c1-13-11-15-9-5-8-14-10-12-6-3-2-4-7-12;1-2/h2-9,11H,10H2,1H3,(H,13,15);1-2H3/b9-5-,14-8?;. The molecule has 0 atom stereocenters. The molecule has 0 heterocycles. The molecule has 0 aromatic heterocycles. The first-order valence-electron chi connectivity index (χ1n) is 5.79. The van der Waals surface area contributed by atoms with Crippen LogP contribution in [0.1, 0.15) is 19.4 Å². The van der Waals surface area contributed by atoms with Crippen LogP contribution < -0.4 is 5.32 Å². The molecule has 0 saturated carbocycles. The van der Waals surface area contributed by atoms with E-state index in [4.69, 9.17) is 0 Å². The molecule has 3 heteroatoms. The van der Waals surface area contributed by atoms with Gasteiger partial charge in [-0.2, -0.15) is 0 Å². The number of allylic oxidation sites excluding steroid dienone is 1. The van der Waals surface area contributed by atoms with E-state index >= 15 is 0 Å². The van der Waals surface area contributed by atoms with E-state index in [9.17, 15) is 0 Å². The van der Waals surface area contributed by atoms with Gasteiger partial charge in [0.2, 0.25) is 0 Å². The molecule has 0 radical (unpaired) electrons. The Bertz CT molecular complexity index is 340. The van der Waals surface area contributed by atoms with Gasteiger partial charge in [0.05, 0.1) is 12.9 Å². The number of nitrogens with zero attached hydrogens (tertiary/aromatic N) is 2. The average molecular weight is 231 g/mol. The summed E-state index contributed by atoms with van der Waals surface area (Å²) in [4.78, 5) is 8.01. The van der Waals surface area contributed by atoms with E-state index in [0.29, 0.717) is 6.54 Å². The van der Waals surface area contributed by atoms with Crippen molar-refractivity contribution in [3.63, 3.8) is 0 Å². The van der Waals surface area contributed by atoms with Gasteiger partial charge in [0.1, 0.15) is 0 Å². The molecule has 0 aliphatic heterocycles. The second-order valence-corrected chi connectivity index (χ2v) is 2.89. The molecule has 0 aliphatic carbocycles. The molecular formula is C14H21N3. The molecule has 92 valence electrons. The second-order valence-electron chi connectivity index (χ2n) is 2.89. The third-order valence-corrected chi connectivity index (χ3v) is 1.70. The summed E-state index contributed by atoms with van der Waals surface area (Å²) in [5.74, 6) is 0. The SMILES string of the molecule is CC.CN=CN/C=C\C=NCc1ccccc1. The van der Waals surface area contributed by atoms with E-state index < -0.39 is 0 Å². The summed E-state index contributed by atoms with van der Waals surface area (Å²) < 4.78 is 0. The smallest absolute Gasteiger partial charge is 0.0859 e. The van der Waals surface area contributed by atoms with Crippen molar-refractivity contribution in [2.24, 2.45) is 9.98 Å². The van der Waals surface area contributed by atoms with E-state index in [1.165, 1.54) is 5.56 Å². The van der Waals surface area contributed by atoms with Crippen LogP contribution >= 0.6 is 0 Å². The Morgan fingerprint density at radius 1 is 1.18 bits per heavy atom. The first kappa shape index (κ1) is 15.1. The van der Waals surface area contributed by atoms with Gasteiger partial charge in [0.25, 0.3) is 0 Å². The van der Waals surface area contributed by atoms with E-state index in [2.05, 4.69) is 27.4 Å². The predicted octanol–water partition coefficient (Wildman–Crippen LogP) is 3.05. The predicted molar refractivity (Wildman–Crippen MR) is 76.7 cm³/mol. The van der Waals surface area contributed by atoms with Crippen LogP contribution in [-0.4, -0.2) is 19.6 Å². The maximum Gasteiger partial charge on any atom is 0.0859 e. The molecule has 0 bridgehead atoms.